The summed E-state index contributed by atoms with van der Waals surface area (Å²) >= 11 is 6.97. The number of thiophene rings is 2. The number of hydrogen-bond acceptors (Lipinski definition) is 5. The second-order valence-corrected chi connectivity index (χ2v) is 12.2. The molecule has 0 radical (unpaired) electrons. The van der Waals surface area contributed by atoms with Crippen molar-refractivity contribution in [1.82, 2.24) is 0 Å². The van der Waals surface area contributed by atoms with Gasteiger partial charge >= 0.3 is 0 Å². The number of unbranched alkanes of at least 4 members (excludes halogenated alkanes) is 1. The summed E-state index contributed by atoms with van der Waals surface area (Å²) in [6.07, 6.45) is 4.05. The molecule has 0 saturated heterocycles. The fraction of sp³-hybridized carbons (Fsp3) is 0.471. The Morgan fingerprint density at radius 3 is 2.29 bits per heavy atom. The first-order valence-corrected chi connectivity index (χ1v) is 12.0. The molecule has 0 bridgehead atoms. The van der Waals surface area contributed by atoms with Gasteiger partial charge in [0.1, 0.15) is 4.75 Å². The Kier molecular flexibility index (Phi) is 6.45. The maximum atomic E-state index is 11.9. The summed E-state index contributed by atoms with van der Waals surface area (Å²) in [7, 11) is -3.39. The molecule has 2 heterocycles. The molecule has 132 valence electrons. The van der Waals surface area contributed by atoms with Crippen molar-refractivity contribution >= 4 is 54.2 Å². The molecule has 0 N–H and O–H groups in total. The topological polar surface area (TPSA) is 51.2 Å². The molecule has 24 heavy (non-hydrogen) atoms. The van der Waals surface area contributed by atoms with Crippen LogP contribution in [-0.4, -0.2) is 25.2 Å². The Morgan fingerprint density at radius 1 is 1.12 bits per heavy atom. The molecular formula is C17H21BrO3S3. The molecule has 0 aromatic carbocycles. The van der Waals surface area contributed by atoms with Crippen LogP contribution in [0.15, 0.2) is 28.1 Å². The number of carbonyl (C=O) groups excluding carboxylic acids is 1. The number of sulfone groups is 1. The van der Waals surface area contributed by atoms with E-state index >= 15 is 0 Å². The summed E-state index contributed by atoms with van der Waals surface area (Å²) < 4.78 is 23.7. The number of aryl methyl sites for hydroxylation is 1. The van der Waals surface area contributed by atoms with E-state index in [1.807, 2.05) is 6.07 Å². The molecule has 1 atom stereocenters. The Bertz CT molecular complexity index is 820. The Balaban J connectivity index is 1.91. The Hall–Kier alpha value is -0.500. The van der Waals surface area contributed by atoms with Crippen molar-refractivity contribution < 1.29 is 13.2 Å². The molecular weight excluding hydrogens is 428 g/mol. The van der Waals surface area contributed by atoms with Crippen LogP contribution in [-0.2, 0) is 21.1 Å². The molecule has 1 unspecified atom stereocenters. The molecule has 2 aromatic rings. The lowest BCUT2D eigenvalue weighted by Gasteiger charge is -2.24. The van der Waals surface area contributed by atoms with Gasteiger partial charge in [-0.1, -0.05) is 6.42 Å². The molecule has 0 aliphatic rings. The third kappa shape index (κ3) is 4.56. The minimum atomic E-state index is -3.39. The van der Waals surface area contributed by atoms with Crippen molar-refractivity contribution in [3.05, 3.63) is 32.9 Å². The van der Waals surface area contributed by atoms with E-state index in [4.69, 9.17) is 0 Å². The van der Waals surface area contributed by atoms with Crippen LogP contribution in [0, 0.1) is 0 Å². The van der Waals surface area contributed by atoms with Gasteiger partial charge < -0.3 is 0 Å². The van der Waals surface area contributed by atoms with Crippen LogP contribution >= 0.6 is 38.6 Å². The molecule has 7 heteroatoms. The third-order valence-corrected chi connectivity index (χ3v) is 9.46. The van der Waals surface area contributed by atoms with Gasteiger partial charge in [-0.3, -0.25) is 4.79 Å². The maximum Gasteiger partial charge on any atom is 0.159 e. The van der Waals surface area contributed by atoms with E-state index in [9.17, 15) is 13.2 Å². The normalized spacial score (nSPS) is 14.5. The van der Waals surface area contributed by atoms with Crippen molar-refractivity contribution in [3.8, 4) is 9.75 Å². The average molecular weight is 449 g/mol. The van der Waals surface area contributed by atoms with E-state index in [0.29, 0.717) is 6.42 Å². The number of rotatable bonds is 8. The van der Waals surface area contributed by atoms with E-state index in [1.54, 1.807) is 29.6 Å². The smallest absolute Gasteiger partial charge is 0.159 e. The summed E-state index contributed by atoms with van der Waals surface area (Å²) in [5, 5.41) is 0. The highest BCUT2D eigenvalue weighted by Gasteiger charge is 2.39. The summed E-state index contributed by atoms with van der Waals surface area (Å²) in [5.41, 5.74) is 0. The summed E-state index contributed by atoms with van der Waals surface area (Å²) in [5.74, 6) is -0.272. The molecule has 2 aromatic heterocycles. The van der Waals surface area contributed by atoms with Gasteiger partial charge in [-0.2, -0.15) is 0 Å². The summed E-state index contributed by atoms with van der Waals surface area (Å²) in [4.78, 5) is 15.6. The highest BCUT2D eigenvalue weighted by Crippen LogP contribution is 2.36. The molecule has 0 fully saturated rings. The zero-order chi connectivity index (χ0) is 18.0. The lowest BCUT2D eigenvalue weighted by molar-refractivity contribution is -0.119. The van der Waals surface area contributed by atoms with E-state index in [2.05, 4.69) is 34.1 Å². The molecule has 0 aliphatic carbocycles. The molecule has 0 aliphatic heterocycles. The van der Waals surface area contributed by atoms with Crippen molar-refractivity contribution in [2.24, 2.45) is 0 Å². The molecule has 0 amide bonds. The second kappa shape index (κ2) is 7.81. The van der Waals surface area contributed by atoms with Gasteiger partial charge in [0.15, 0.2) is 15.6 Å². The molecule has 0 saturated carbocycles. The Labute approximate surface area is 160 Å². The number of Topliss-reactive ketones (excluding diaryl/α,β-unsaturated/α-hetero) is 1. The molecule has 0 spiro atoms. The zero-order valence-electron chi connectivity index (χ0n) is 14.0. The van der Waals surface area contributed by atoms with Gasteiger partial charge in [0.2, 0.25) is 0 Å². The predicted molar refractivity (Wildman–Crippen MR) is 107 cm³/mol. The van der Waals surface area contributed by atoms with Crippen LogP contribution in [0.4, 0.5) is 0 Å². The molecule has 3 nitrogen and oxygen atoms in total. The van der Waals surface area contributed by atoms with E-state index in [1.165, 1.54) is 21.6 Å². The lowest BCUT2D eigenvalue weighted by Crippen LogP contribution is -2.41. The SMILES string of the molecule is CC(=O)C(C)(CCCCc1ccc(-c2ccc(Br)s2)s1)S(C)(=O)=O. The van der Waals surface area contributed by atoms with Gasteiger partial charge in [0.25, 0.3) is 0 Å². The average Bonchev–Trinajstić information content (AvgIpc) is 3.10. The van der Waals surface area contributed by atoms with Crippen LogP contribution in [0.3, 0.4) is 0 Å². The first kappa shape index (κ1) is 19.8. The third-order valence-electron chi connectivity index (χ3n) is 4.37. The van der Waals surface area contributed by atoms with E-state index < -0.39 is 14.6 Å². The van der Waals surface area contributed by atoms with Gasteiger partial charge in [0, 0.05) is 20.9 Å². The van der Waals surface area contributed by atoms with Crippen LogP contribution in [0.2, 0.25) is 0 Å². The van der Waals surface area contributed by atoms with Gasteiger partial charge in [-0.05, 0) is 73.3 Å². The fourth-order valence-corrected chi connectivity index (χ4v) is 6.04. The predicted octanol–water partition coefficient (Wildman–Crippen LogP) is 5.34. The first-order chi connectivity index (χ1) is 11.1. The van der Waals surface area contributed by atoms with Crippen molar-refractivity contribution in [2.45, 2.75) is 44.3 Å². The second-order valence-electron chi connectivity index (χ2n) is 6.14. The highest BCUT2D eigenvalue weighted by molar-refractivity contribution is 9.11. The van der Waals surface area contributed by atoms with Gasteiger partial charge in [-0.25, -0.2) is 8.42 Å². The largest absolute Gasteiger partial charge is 0.298 e. The highest BCUT2D eigenvalue weighted by atomic mass is 79.9. The van der Waals surface area contributed by atoms with Crippen LogP contribution < -0.4 is 0 Å². The molecule has 2 rings (SSSR count). The van der Waals surface area contributed by atoms with Gasteiger partial charge in [0.05, 0.1) is 3.79 Å². The standard InChI is InChI=1S/C17H21BrO3S3/c1-12(19)17(2,24(3,20)21)11-5-4-6-13-7-8-14(22-13)15-9-10-16(18)23-15/h7-10H,4-6,11H2,1-3H3. The minimum absolute atomic E-state index is 0.272. The number of carbonyl (C=O) groups is 1. The van der Waals surface area contributed by atoms with Crippen molar-refractivity contribution in [3.63, 3.8) is 0 Å². The zero-order valence-corrected chi connectivity index (χ0v) is 18.0. The van der Waals surface area contributed by atoms with E-state index in [-0.39, 0.29) is 5.78 Å². The van der Waals surface area contributed by atoms with Crippen LogP contribution in [0.1, 0.15) is 38.0 Å². The number of ketones is 1. The number of halogens is 1. The minimum Gasteiger partial charge on any atom is -0.298 e. The van der Waals surface area contributed by atoms with Crippen LogP contribution in [0.25, 0.3) is 9.75 Å². The summed E-state index contributed by atoms with van der Waals surface area (Å²) in [6.45, 7) is 2.91. The monoisotopic (exact) mass is 448 g/mol. The lowest BCUT2D eigenvalue weighted by atomic mass is 9.98. The van der Waals surface area contributed by atoms with Crippen molar-refractivity contribution in [2.75, 3.05) is 6.26 Å². The quantitative estimate of drug-likeness (QED) is 0.511. The number of hydrogen-bond donors (Lipinski definition) is 0. The van der Waals surface area contributed by atoms with Crippen molar-refractivity contribution in [1.29, 1.82) is 0 Å². The maximum absolute atomic E-state index is 11.9. The fourth-order valence-electron chi connectivity index (χ4n) is 2.48. The van der Waals surface area contributed by atoms with Crippen LogP contribution in [0.5, 0.6) is 0 Å². The van der Waals surface area contributed by atoms with Gasteiger partial charge in [-0.15, -0.1) is 22.7 Å². The Morgan fingerprint density at radius 2 is 1.75 bits per heavy atom. The first-order valence-electron chi connectivity index (χ1n) is 7.68. The summed E-state index contributed by atoms with van der Waals surface area (Å²) in [6, 6.07) is 8.42. The van der Waals surface area contributed by atoms with E-state index in [0.717, 1.165) is 29.3 Å².